The standard InChI is InChI=1S/C18H25NO3S/c1-13-6-7-18(11-13)8-9-19(12-18)16-10-15(14(2)20)4-5-17(16)23(3,21)22/h4-5,10,13H,6-9,11-12H2,1-3H3/t13-,18+/m0/s1. The van der Waals surface area contributed by atoms with Gasteiger partial charge in [-0.25, -0.2) is 8.42 Å². The zero-order valence-electron chi connectivity index (χ0n) is 14.1. The molecule has 2 aliphatic rings. The molecule has 0 amide bonds. The van der Waals surface area contributed by atoms with Gasteiger partial charge >= 0.3 is 0 Å². The van der Waals surface area contributed by atoms with Crippen molar-refractivity contribution in [3.05, 3.63) is 23.8 Å². The van der Waals surface area contributed by atoms with Crippen LogP contribution in [-0.4, -0.2) is 33.5 Å². The Bertz CT molecular complexity index is 741. The van der Waals surface area contributed by atoms with E-state index in [1.54, 1.807) is 18.2 Å². The molecule has 0 unspecified atom stereocenters. The van der Waals surface area contributed by atoms with Crippen molar-refractivity contribution >= 4 is 21.3 Å². The Kier molecular flexibility index (Phi) is 4.03. The molecule has 1 aliphatic heterocycles. The van der Waals surface area contributed by atoms with Crippen molar-refractivity contribution < 1.29 is 13.2 Å². The molecule has 1 aliphatic carbocycles. The van der Waals surface area contributed by atoms with E-state index in [1.807, 2.05) is 0 Å². The number of rotatable bonds is 3. The van der Waals surface area contributed by atoms with Crippen LogP contribution >= 0.6 is 0 Å². The first-order valence-electron chi connectivity index (χ1n) is 8.30. The predicted octanol–water partition coefficient (Wildman–Crippen LogP) is 3.31. The van der Waals surface area contributed by atoms with Gasteiger partial charge in [0, 0.05) is 24.9 Å². The molecule has 0 aromatic heterocycles. The molecule has 1 spiro atoms. The van der Waals surface area contributed by atoms with E-state index in [-0.39, 0.29) is 5.78 Å². The largest absolute Gasteiger partial charge is 0.370 e. The first kappa shape index (κ1) is 16.5. The highest BCUT2D eigenvalue weighted by Gasteiger charge is 2.43. The van der Waals surface area contributed by atoms with Crippen LogP contribution in [0.5, 0.6) is 0 Å². The summed E-state index contributed by atoms with van der Waals surface area (Å²) in [6, 6.07) is 4.96. The van der Waals surface area contributed by atoms with E-state index in [9.17, 15) is 13.2 Å². The van der Waals surface area contributed by atoms with Crippen LogP contribution in [0.25, 0.3) is 0 Å². The van der Waals surface area contributed by atoms with Gasteiger partial charge in [-0.2, -0.15) is 0 Å². The molecule has 4 nitrogen and oxygen atoms in total. The lowest BCUT2D eigenvalue weighted by Crippen LogP contribution is -2.26. The molecule has 1 heterocycles. The second-order valence-electron chi connectivity index (χ2n) is 7.53. The quantitative estimate of drug-likeness (QED) is 0.795. The topological polar surface area (TPSA) is 54.5 Å². The maximum Gasteiger partial charge on any atom is 0.177 e. The van der Waals surface area contributed by atoms with E-state index >= 15 is 0 Å². The molecule has 1 saturated heterocycles. The number of benzene rings is 1. The lowest BCUT2D eigenvalue weighted by Gasteiger charge is -2.26. The third kappa shape index (κ3) is 3.16. The predicted molar refractivity (Wildman–Crippen MR) is 91.8 cm³/mol. The fourth-order valence-corrected chi connectivity index (χ4v) is 5.19. The smallest absolute Gasteiger partial charge is 0.177 e. The summed E-state index contributed by atoms with van der Waals surface area (Å²) in [5, 5.41) is 0. The van der Waals surface area contributed by atoms with Crippen molar-refractivity contribution in [3.8, 4) is 0 Å². The van der Waals surface area contributed by atoms with Gasteiger partial charge in [-0.3, -0.25) is 4.79 Å². The molecule has 1 aromatic rings. The fraction of sp³-hybridized carbons (Fsp3) is 0.611. The van der Waals surface area contributed by atoms with Gasteiger partial charge in [0.05, 0.1) is 10.6 Å². The average molecular weight is 335 g/mol. The summed E-state index contributed by atoms with van der Waals surface area (Å²) in [6.45, 7) is 5.59. The van der Waals surface area contributed by atoms with Gasteiger partial charge in [0.15, 0.2) is 15.6 Å². The summed E-state index contributed by atoms with van der Waals surface area (Å²) in [5.41, 5.74) is 1.62. The summed E-state index contributed by atoms with van der Waals surface area (Å²) >= 11 is 0. The second-order valence-corrected chi connectivity index (χ2v) is 9.51. The number of sulfone groups is 1. The number of nitrogens with zero attached hydrogens (tertiary/aromatic N) is 1. The molecule has 1 aromatic carbocycles. The van der Waals surface area contributed by atoms with Crippen molar-refractivity contribution in [1.29, 1.82) is 0 Å². The second kappa shape index (κ2) is 5.62. The number of hydrogen-bond donors (Lipinski definition) is 0. The van der Waals surface area contributed by atoms with Crippen LogP contribution in [0.4, 0.5) is 5.69 Å². The van der Waals surface area contributed by atoms with Crippen molar-refractivity contribution in [2.24, 2.45) is 11.3 Å². The SMILES string of the molecule is CC(=O)c1ccc(S(C)(=O)=O)c(N2CC[C@@]3(CC[C@H](C)C3)C2)c1. The molecule has 23 heavy (non-hydrogen) atoms. The minimum atomic E-state index is -3.31. The monoisotopic (exact) mass is 335 g/mol. The van der Waals surface area contributed by atoms with E-state index < -0.39 is 9.84 Å². The highest BCUT2D eigenvalue weighted by Crippen LogP contribution is 2.49. The van der Waals surface area contributed by atoms with Crippen LogP contribution in [0.15, 0.2) is 23.1 Å². The number of hydrogen-bond acceptors (Lipinski definition) is 4. The van der Waals surface area contributed by atoms with Gasteiger partial charge in [0.2, 0.25) is 0 Å². The van der Waals surface area contributed by atoms with Crippen LogP contribution in [0.3, 0.4) is 0 Å². The van der Waals surface area contributed by atoms with Crippen molar-refractivity contribution in [3.63, 3.8) is 0 Å². The number of Topliss-reactive ketones (excluding diaryl/α,β-unsaturated/α-hetero) is 1. The summed E-state index contributed by atoms with van der Waals surface area (Å²) < 4.78 is 24.3. The third-order valence-corrected chi connectivity index (χ3v) is 6.64. The lowest BCUT2D eigenvalue weighted by atomic mass is 9.85. The summed E-state index contributed by atoms with van der Waals surface area (Å²) in [7, 11) is -3.31. The molecule has 5 heteroatoms. The van der Waals surface area contributed by atoms with Gasteiger partial charge in [0.1, 0.15) is 0 Å². The summed E-state index contributed by atoms with van der Waals surface area (Å²) in [6.07, 6.45) is 6.07. The number of carbonyl (C=O) groups excluding carboxylic acids is 1. The zero-order chi connectivity index (χ0) is 16.8. The van der Waals surface area contributed by atoms with Gasteiger partial charge in [-0.05, 0) is 55.7 Å². The van der Waals surface area contributed by atoms with Crippen LogP contribution in [0.2, 0.25) is 0 Å². The van der Waals surface area contributed by atoms with Crippen molar-refractivity contribution in [1.82, 2.24) is 0 Å². The van der Waals surface area contributed by atoms with E-state index in [0.29, 0.717) is 21.6 Å². The number of anilines is 1. The Morgan fingerprint density at radius 2 is 2.04 bits per heavy atom. The zero-order valence-corrected chi connectivity index (χ0v) is 14.9. The van der Waals surface area contributed by atoms with E-state index in [0.717, 1.165) is 25.4 Å². The highest BCUT2D eigenvalue weighted by atomic mass is 32.2. The normalized spacial score (nSPS) is 27.8. The summed E-state index contributed by atoms with van der Waals surface area (Å²) in [5.74, 6) is 0.725. The van der Waals surface area contributed by atoms with Gasteiger partial charge < -0.3 is 4.90 Å². The third-order valence-electron chi connectivity index (χ3n) is 5.49. The maximum absolute atomic E-state index is 12.1. The first-order valence-corrected chi connectivity index (χ1v) is 10.2. The Balaban J connectivity index is 1.98. The minimum Gasteiger partial charge on any atom is -0.370 e. The van der Waals surface area contributed by atoms with Crippen molar-refractivity contribution in [2.75, 3.05) is 24.2 Å². The Morgan fingerprint density at radius 1 is 1.30 bits per heavy atom. The van der Waals surface area contributed by atoms with Gasteiger partial charge in [0.25, 0.3) is 0 Å². The van der Waals surface area contributed by atoms with Gasteiger partial charge in [-0.15, -0.1) is 0 Å². The first-order chi connectivity index (χ1) is 10.7. The van der Waals surface area contributed by atoms with E-state index in [1.165, 1.54) is 32.4 Å². The summed E-state index contributed by atoms with van der Waals surface area (Å²) in [4.78, 5) is 14.2. The molecule has 1 saturated carbocycles. The van der Waals surface area contributed by atoms with E-state index in [4.69, 9.17) is 0 Å². The minimum absolute atomic E-state index is 0.0327. The molecule has 0 bridgehead atoms. The molecule has 2 atom stereocenters. The Hall–Kier alpha value is -1.36. The maximum atomic E-state index is 12.1. The lowest BCUT2D eigenvalue weighted by molar-refractivity contribution is 0.101. The van der Waals surface area contributed by atoms with E-state index in [2.05, 4.69) is 11.8 Å². The molecule has 2 fully saturated rings. The van der Waals surface area contributed by atoms with Crippen LogP contribution < -0.4 is 4.90 Å². The molecule has 0 N–H and O–H groups in total. The Labute approximate surface area is 138 Å². The Morgan fingerprint density at radius 3 is 2.61 bits per heavy atom. The molecule has 3 rings (SSSR count). The van der Waals surface area contributed by atoms with Crippen molar-refractivity contribution in [2.45, 2.75) is 44.4 Å². The highest BCUT2D eigenvalue weighted by molar-refractivity contribution is 7.90. The fourth-order valence-electron chi connectivity index (χ4n) is 4.30. The van der Waals surface area contributed by atoms with Crippen LogP contribution in [-0.2, 0) is 9.84 Å². The molecule has 126 valence electrons. The molecule has 0 radical (unpaired) electrons. The number of carbonyl (C=O) groups is 1. The van der Waals surface area contributed by atoms with Crippen LogP contribution in [0.1, 0.15) is 49.9 Å². The molecular formula is C18H25NO3S. The molecular weight excluding hydrogens is 310 g/mol. The van der Waals surface area contributed by atoms with Gasteiger partial charge in [-0.1, -0.05) is 13.3 Å². The average Bonchev–Trinajstić information content (AvgIpc) is 3.04. The van der Waals surface area contributed by atoms with Crippen LogP contribution in [0, 0.1) is 11.3 Å². The number of ketones is 1.